The van der Waals surface area contributed by atoms with Crippen molar-refractivity contribution in [1.29, 1.82) is 0 Å². The summed E-state index contributed by atoms with van der Waals surface area (Å²) in [6, 6.07) is 0.170. The summed E-state index contributed by atoms with van der Waals surface area (Å²) in [5, 5.41) is 18.2. The van der Waals surface area contributed by atoms with Crippen LogP contribution in [0.25, 0.3) is 0 Å². The fourth-order valence-corrected chi connectivity index (χ4v) is 3.28. The Labute approximate surface area is 113 Å². The van der Waals surface area contributed by atoms with E-state index in [0.29, 0.717) is 13.2 Å². The van der Waals surface area contributed by atoms with Crippen LogP contribution in [0.2, 0.25) is 0 Å². The summed E-state index contributed by atoms with van der Waals surface area (Å²) < 4.78 is 7.36. The van der Waals surface area contributed by atoms with Crippen LogP contribution in [0, 0.1) is 0 Å². The molecule has 0 saturated carbocycles. The predicted octanol–water partition coefficient (Wildman–Crippen LogP) is -0.0717. The third-order valence-electron chi connectivity index (χ3n) is 4.64. The lowest BCUT2D eigenvalue weighted by Crippen LogP contribution is -2.50. The molecule has 2 atom stereocenters. The van der Waals surface area contributed by atoms with Gasteiger partial charge in [0, 0.05) is 12.5 Å². The maximum absolute atomic E-state index is 9.91. The zero-order valence-corrected chi connectivity index (χ0v) is 11.6. The number of aryl methyl sites for hydroxylation is 1. The van der Waals surface area contributed by atoms with Gasteiger partial charge in [0.25, 0.3) is 0 Å². The van der Waals surface area contributed by atoms with E-state index >= 15 is 0 Å². The molecule has 6 heteroatoms. The van der Waals surface area contributed by atoms with E-state index in [1.54, 1.807) is 6.33 Å². The highest BCUT2D eigenvalue weighted by Gasteiger charge is 2.40. The Morgan fingerprint density at radius 1 is 1.37 bits per heavy atom. The van der Waals surface area contributed by atoms with Gasteiger partial charge in [-0.05, 0) is 25.9 Å². The van der Waals surface area contributed by atoms with E-state index in [0.717, 1.165) is 31.8 Å². The van der Waals surface area contributed by atoms with Crippen LogP contribution in [-0.2, 0) is 17.2 Å². The van der Waals surface area contributed by atoms with Crippen LogP contribution in [0.4, 0.5) is 0 Å². The molecular weight excluding hydrogens is 244 g/mol. The fourth-order valence-electron chi connectivity index (χ4n) is 3.28. The van der Waals surface area contributed by atoms with Crippen LogP contribution in [0.5, 0.6) is 0 Å². The summed E-state index contributed by atoms with van der Waals surface area (Å²) in [5.41, 5.74) is 0.0894. The number of nitrogens with zero attached hydrogens (tertiary/aromatic N) is 4. The van der Waals surface area contributed by atoms with Crippen LogP contribution >= 0.6 is 0 Å². The number of ether oxygens (including phenoxy) is 1. The summed E-state index contributed by atoms with van der Waals surface area (Å²) in [4.78, 5) is 2.36. The molecule has 6 nitrogen and oxygen atoms in total. The third-order valence-corrected chi connectivity index (χ3v) is 4.64. The first-order valence-corrected chi connectivity index (χ1v) is 6.94. The Morgan fingerprint density at radius 3 is 2.63 bits per heavy atom. The van der Waals surface area contributed by atoms with E-state index in [2.05, 4.69) is 22.0 Å². The molecular formula is C13H22N4O2. The number of aromatic nitrogens is 3. The van der Waals surface area contributed by atoms with Crippen molar-refractivity contribution in [2.45, 2.75) is 37.3 Å². The summed E-state index contributed by atoms with van der Waals surface area (Å²) in [7, 11) is 2.00. The van der Waals surface area contributed by atoms with Gasteiger partial charge in [0.2, 0.25) is 0 Å². The van der Waals surface area contributed by atoms with E-state index in [-0.39, 0.29) is 17.6 Å². The molecule has 2 aliphatic rings. The van der Waals surface area contributed by atoms with Gasteiger partial charge in [0.1, 0.15) is 12.2 Å². The second-order valence-corrected chi connectivity index (χ2v) is 6.03. The van der Waals surface area contributed by atoms with Crippen molar-refractivity contribution in [2.24, 2.45) is 7.05 Å². The fraction of sp³-hybridized carbons (Fsp3) is 0.846. The van der Waals surface area contributed by atoms with Gasteiger partial charge in [-0.3, -0.25) is 4.90 Å². The summed E-state index contributed by atoms with van der Waals surface area (Å²) in [6.45, 7) is 5.35. The first kappa shape index (κ1) is 13.0. The van der Waals surface area contributed by atoms with Crippen molar-refractivity contribution in [3.8, 4) is 0 Å². The smallest absolute Gasteiger partial charge is 0.138 e. The lowest BCUT2D eigenvalue weighted by molar-refractivity contribution is 0.0522. The van der Waals surface area contributed by atoms with Crippen molar-refractivity contribution >= 4 is 0 Å². The van der Waals surface area contributed by atoms with Gasteiger partial charge in [0.15, 0.2) is 0 Å². The first-order chi connectivity index (χ1) is 9.10. The van der Waals surface area contributed by atoms with Gasteiger partial charge < -0.3 is 14.4 Å². The lowest BCUT2D eigenvalue weighted by atomic mass is 9.79. The molecule has 2 saturated heterocycles. The molecule has 2 aliphatic heterocycles. The van der Waals surface area contributed by atoms with Crippen LogP contribution in [0.1, 0.15) is 25.6 Å². The standard InChI is InChI=1S/C13H22N4O2/c1-13(12-15-14-9-16(12)2)3-5-17(6-4-13)10-7-19-8-11(10)18/h9-11,18H,3-8H2,1-2H3/t10-,11+/m0/s1. The number of piperidine rings is 1. The molecule has 2 fully saturated rings. The van der Waals surface area contributed by atoms with Gasteiger partial charge >= 0.3 is 0 Å². The molecule has 0 amide bonds. The molecule has 0 spiro atoms. The van der Waals surface area contributed by atoms with Crippen molar-refractivity contribution in [3.63, 3.8) is 0 Å². The zero-order valence-electron chi connectivity index (χ0n) is 11.6. The Kier molecular flexibility index (Phi) is 3.32. The topological polar surface area (TPSA) is 63.4 Å². The van der Waals surface area contributed by atoms with Gasteiger partial charge in [-0.2, -0.15) is 0 Å². The Morgan fingerprint density at radius 2 is 2.11 bits per heavy atom. The molecule has 0 aliphatic carbocycles. The molecule has 0 aromatic carbocycles. The number of hydrogen-bond donors (Lipinski definition) is 1. The van der Waals surface area contributed by atoms with E-state index < -0.39 is 0 Å². The Balaban J connectivity index is 1.67. The molecule has 1 N–H and O–H groups in total. The molecule has 3 heterocycles. The normalized spacial score (nSPS) is 31.7. The molecule has 106 valence electrons. The SMILES string of the molecule is Cn1cnnc1C1(C)CCN([C@H]2COC[C@H]2O)CC1. The van der Waals surface area contributed by atoms with E-state index in [4.69, 9.17) is 4.74 Å². The third kappa shape index (κ3) is 2.28. The second kappa shape index (κ2) is 4.85. The number of rotatable bonds is 2. The van der Waals surface area contributed by atoms with Gasteiger partial charge in [-0.15, -0.1) is 10.2 Å². The lowest BCUT2D eigenvalue weighted by Gasteiger charge is -2.41. The second-order valence-electron chi connectivity index (χ2n) is 6.03. The maximum atomic E-state index is 9.91. The Bertz CT molecular complexity index is 440. The molecule has 3 rings (SSSR count). The van der Waals surface area contributed by atoms with Gasteiger partial charge in [-0.25, -0.2) is 0 Å². The first-order valence-electron chi connectivity index (χ1n) is 6.94. The maximum Gasteiger partial charge on any atom is 0.138 e. The number of likely N-dealkylation sites (tertiary alicyclic amines) is 1. The molecule has 1 aromatic heterocycles. The number of aliphatic hydroxyl groups is 1. The highest BCUT2D eigenvalue weighted by molar-refractivity contribution is 5.08. The number of aliphatic hydroxyl groups excluding tert-OH is 1. The minimum absolute atomic E-state index is 0.0894. The monoisotopic (exact) mass is 266 g/mol. The van der Waals surface area contributed by atoms with Gasteiger partial charge in [0.05, 0.1) is 25.4 Å². The summed E-state index contributed by atoms with van der Waals surface area (Å²) >= 11 is 0. The number of hydrogen-bond acceptors (Lipinski definition) is 5. The van der Waals surface area contributed by atoms with E-state index in [1.165, 1.54) is 0 Å². The minimum Gasteiger partial charge on any atom is -0.389 e. The van der Waals surface area contributed by atoms with Crippen LogP contribution in [-0.4, -0.2) is 63.2 Å². The molecule has 0 bridgehead atoms. The summed E-state index contributed by atoms with van der Waals surface area (Å²) in [6.07, 6.45) is 3.52. The molecule has 1 aromatic rings. The Hall–Kier alpha value is -0.980. The molecule has 0 unspecified atom stereocenters. The van der Waals surface area contributed by atoms with Crippen LogP contribution in [0.15, 0.2) is 6.33 Å². The highest BCUT2D eigenvalue weighted by atomic mass is 16.5. The van der Waals surface area contributed by atoms with Gasteiger partial charge in [-0.1, -0.05) is 6.92 Å². The van der Waals surface area contributed by atoms with E-state index in [1.807, 2.05) is 11.6 Å². The minimum atomic E-state index is -0.334. The average Bonchev–Trinajstić information content (AvgIpc) is 2.99. The zero-order chi connectivity index (χ0) is 13.5. The largest absolute Gasteiger partial charge is 0.389 e. The van der Waals surface area contributed by atoms with E-state index in [9.17, 15) is 5.11 Å². The average molecular weight is 266 g/mol. The predicted molar refractivity (Wildman–Crippen MR) is 69.8 cm³/mol. The van der Waals surface area contributed by atoms with Crippen molar-refractivity contribution < 1.29 is 9.84 Å². The van der Waals surface area contributed by atoms with Crippen LogP contribution < -0.4 is 0 Å². The molecule has 19 heavy (non-hydrogen) atoms. The summed E-state index contributed by atoms with van der Waals surface area (Å²) in [5.74, 6) is 1.07. The van der Waals surface area contributed by atoms with Crippen molar-refractivity contribution in [2.75, 3.05) is 26.3 Å². The van der Waals surface area contributed by atoms with Crippen molar-refractivity contribution in [1.82, 2.24) is 19.7 Å². The quantitative estimate of drug-likeness (QED) is 0.812. The highest BCUT2D eigenvalue weighted by Crippen LogP contribution is 2.34. The van der Waals surface area contributed by atoms with Crippen molar-refractivity contribution in [3.05, 3.63) is 12.2 Å². The van der Waals surface area contributed by atoms with Crippen LogP contribution in [0.3, 0.4) is 0 Å². The molecule has 0 radical (unpaired) electrons.